The van der Waals surface area contributed by atoms with Gasteiger partial charge in [-0.2, -0.15) is 14.9 Å². The molecule has 0 amide bonds. The zero-order chi connectivity index (χ0) is 27.8. The van der Waals surface area contributed by atoms with Gasteiger partial charge in [-0.1, -0.05) is 29.8 Å². The zero-order valence-corrected chi connectivity index (χ0v) is 21.5. The van der Waals surface area contributed by atoms with E-state index in [1.807, 2.05) is 23.3 Å². The van der Waals surface area contributed by atoms with Crippen molar-refractivity contribution < 1.29 is 8.78 Å². The number of nitrogens with one attached hydrogen (secondary N) is 4. The van der Waals surface area contributed by atoms with Gasteiger partial charge in [0.15, 0.2) is 5.82 Å². The molecule has 2 aliphatic rings. The number of halogens is 3. The normalized spacial score (nSPS) is 15.1. The van der Waals surface area contributed by atoms with Crippen molar-refractivity contribution in [1.29, 1.82) is 10.5 Å². The van der Waals surface area contributed by atoms with Crippen LogP contribution in [0.25, 0.3) is 10.9 Å². The lowest BCUT2D eigenvalue weighted by molar-refractivity contribution is 0.260. The average Bonchev–Trinajstić information content (AvgIpc) is 3.70. The third-order valence-electron chi connectivity index (χ3n) is 6.67. The average molecular weight is 556 g/mol. The molecule has 4 aromatic rings. The number of hydrogen-bond donors (Lipinski definition) is 4. The molecule has 1 aliphatic carbocycles. The number of aromatic nitrogens is 2. The summed E-state index contributed by atoms with van der Waals surface area (Å²) in [6.07, 6.45) is 6.63. The number of rotatable bonds is 7. The number of fused-ring (bicyclic) bond motifs is 1. The van der Waals surface area contributed by atoms with Crippen molar-refractivity contribution in [3.8, 4) is 12.1 Å². The Morgan fingerprint density at radius 1 is 1.02 bits per heavy atom. The molecule has 4 N–H and O–H groups in total. The van der Waals surface area contributed by atoms with Crippen molar-refractivity contribution in [2.24, 2.45) is 0 Å². The number of pyridine rings is 2. The number of benzene rings is 2. The first-order chi connectivity index (χ1) is 19.4. The van der Waals surface area contributed by atoms with Gasteiger partial charge in [-0.05, 0) is 36.6 Å². The number of hydrazine groups is 2. The van der Waals surface area contributed by atoms with E-state index >= 15 is 0 Å². The fourth-order valence-electron chi connectivity index (χ4n) is 4.58. The fraction of sp³-hybridized carbons (Fsp3) is 0.143. The van der Waals surface area contributed by atoms with Crippen LogP contribution in [0.5, 0.6) is 0 Å². The molecule has 3 heterocycles. The van der Waals surface area contributed by atoms with Gasteiger partial charge in [0.1, 0.15) is 6.07 Å². The Morgan fingerprint density at radius 2 is 1.82 bits per heavy atom. The third-order valence-corrected chi connectivity index (χ3v) is 6.96. The summed E-state index contributed by atoms with van der Waals surface area (Å²) >= 11 is 6.66. The van der Waals surface area contributed by atoms with E-state index in [9.17, 15) is 19.3 Å². The summed E-state index contributed by atoms with van der Waals surface area (Å²) in [6.45, 7) is 0. The van der Waals surface area contributed by atoms with Crippen molar-refractivity contribution in [3.05, 3.63) is 100 Å². The first-order valence-corrected chi connectivity index (χ1v) is 12.7. The molecule has 9 nitrogen and oxygen atoms in total. The van der Waals surface area contributed by atoms with Crippen LogP contribution in [0.3, 0.4) is 0 Å². The van der Waals surface area contributed by atoms with Crippen LogP contribution in [0.1, 0.15) is 35.6 Å². The van der Waals surface area contributed by atoms with E-state index in [1.165, 1.54) is 6.20 Å². The lowest BCUT2D eigenvalue weighted by Gasteiger charge is -2.23. The summed E-state index contributed by atoms with van der Waals surface area (Å²) in [5.74, 6) is -2.36. The highest BCUT2D eigenvalue weighted by molar-refractivity contribution is 6.36. The zero-order valence-electron chi connectivity index (χ0n) is 20.7. The maximum absolute atomic E-state index is 13.9. The summed E-state index contributed by atoms with van der Waals surface area (Å²) in [5, 5.41) is 28.8. The molecule has 12 heteroatoms. The highest BCUT2D eigenvalue weighted by Crippen LogP contribution is 2.38. The Labute approximate surface area is 232 Å². The molecule has 0 radical (unpaired) electrons. The number of nitrogens with zero attached hydrogens (tertiary/aromatic N) is 5. The molecule has 40 heavy (non-hydrogen) atoms. The van der Waals surface area contributed by atoms with Crippen molar-refractivity contribution >= 4 is 39.6 Å². The molecule has 0 unspecified atom stereocenters. The molecule has 1 aliphatic heterocycles. The highest BCUT2D eigenvalue weighted by Gasteiger charge is 2.33. The Bertz CT molecular complexity index is 1760. The van der Waals surface area contributed by atoms with E-state index in [4.69, 9.17) is 11.6 Å². The van der Waals surface area contributed by atoms with Crippen molar-refractivity contribution in [1.82, 2.24) is 25.9 Å². The first-order valence-electron chi connectivity index (χ1n) is 12.3. The summed E-state index contributed by atoms with van der Waals surface area (Å²) in [4.78, 5) is 7.76. The summed E-state index contributed by atoms with van der Waals surface area (Å²) in [6, 6.07) is 16.0. The quantitative estimate of drug-likeness (QED) is 0.218. The van der Waals surface area contributed by atoms with Gasteiger partial charge in [-0.3, -0.25) is 9.99 Å². The van der Waals surface area contributed by atoms with Crippen LogP contribution in [0.4, 0.5) is 25.8 Å². The molecule has 6 rings (SSSR count). The Morgan fingerprint density at radius 3 is 2.58 bits per heavy atom. The van der Waals surface area contributed by atoms with Crippen molar-refractivity contribution in [2.45, 2.75) is 24.9 Å². The summed E-state index contributed by atoms with van der Waals surface area (Å²) in [5.41, 5.74) is 10.0. The lowest BCUT2D eigenvalue weighted by atomic mass is 9.98. The minimum Gasteiger partial charge on any atom is -0.373 e. The highest BCUT2D eigenvalue weighted by atomic mass is 35.5. The van der Waals surface area contributed by atoms with Gasteiger partial charge in [0.2, 0.25) is 5.95 Å². The maximum atomic E-state index is 13.9. The fourth-order valence-corrected chi connectivity index (χ4v) is 4.84. The van der Waals surface area contributed by atoms with Crippen LogP contribution >= 0.6 is 11.6 Å². The predicted molar refractivity (Wildman–Crippen MR) is 146 cm³/mol. The minimum absolute atomic E-state index is 0.143. The summed E-state index contributed by atoms with van der Waals surface area (Å²) in [7, 11) is 0. The van der Waals surface area contributed by atoms with Gasteiger partial charge >= 0.3 is 0 Å². The predicted octanol–water partition coefficient (Wildman–Crippen LogP) is 5.53. The molecule has 2 aromatic carbocycles. The van der Waals surface area contributed by atoms with E-state index < -0.39 is 17.8 Å². The minimum atomic E-state index is -1.23. The van der Waals surface area contributed by atoms with Crippen LogP contribution in [-0.2, 0) is 0 Å². The van der Waals surface area contributed by atoms with Crippen molar-refractivity contribution in [3.63, 3.8) is 0 Å². The van der Waals surface area contributed by atoms with Crippen LogP contribution < -0.4 is 21.6 Å². The molecule has 1 saturated carbocycles. The van der Waals surface area contributed by atoms with E-state index in [2.05, 4.69) is 43.7 Å². The second kappa shape index (κ2) is 10.3. The van der Waals surface area contributed by atoms with Gasteiger partial charge in [0, 0.05) is 35.6 Å². The molecular weight excluding hydrogens is 536 g/mol. The van der Waals surface area contributed by atoms with Gasteiger partial charge in [0.05, 0.1) is 57.0 Å². The molecule has 2 aromatic heterocycles. The molecule has 198 valence electrons. The van der Waals surface area contributed by atoms with Gasteiger partial charge in [-0.25, -0.2) is 9.37 Å². The second-order valence-corrected chi connectivity index (χ2v) is 9.78. The maximum Gasteiger partial charge on any atom is 0.249 e. The monoisotopic (exact) mass is 555 g/mol. The van der Waals surface area contributed by atoms with Crippen LogP contribution in [-0.4, -0.2) is 21.0 Å². The molecule has 1 atom stereocenters. The van der Waals surface area contributed by atoms with E-state index in [0.29, 0.717) is 38.9 Å². The molecule has 1 fully saturated rings. The van der Waals surface area contributed by atoms with Crippen molar-refractivity contribution in [2.75, 3.05) is 10.6 Å². The van der Waals surface area contributed by atoms with Gasteiger partial charge in [0.25, 0.3) is 0 Å². The second-order valence-electron chi connectivity index (χ2n) is 9.37. The lowest BCUT2D eigenvalue weighted by Crippen LogP contribution is -2.38. The van der Waals surface area contributed by atoms with Crippen LogP contribution in [0.15, 0.2) is 66.8 Å². The molecule has 0 bridgehead atoms. The third kappa shape index (κ3) is 4.80. The Hall–Kier alpha value is -4.97. The number of anilines is 3. The molecule has 0 saturated heterocycles. The Kier molecular flexibility index (Phi) is 6.52. The van der Waals surface area contributed by atoms with E-state index in [0.717, 1.165) is 36.4 Å². The van der Waals surface area contributed by atoms with E-state index in [-0.39, 0.29) is 11.3 Å². The molecular formula is C28H20ClF2N9. The summed E-state index contributed by atoms with van der Waals surface area (Å²) < 4.78 is 27.3. The molecule has 0 spiro atoms. The number of nitriles is 2. The van der Waals surface area contributed by atoms with Gasteiger partial charge in [-0.15, -0.1) is 5.53 Å². The Balaban J connectivity index is 1.44. The van der Waals surface area contributed by atoms with Gasteiger partial charge < -0.3 is 16.1 Å². The smallest absolute Gasteiger partial charge is 0.249 e. The SMILES string of the molecule is N#Cc1ccccc1[C@H](Nc1cc(Cl)c2ncc(C#N)c(Nc3cnc(F)c(F)c3)c2c1)C1=CN(C2CC2)NN1. The first kappa shape index (κ1) is 25.3. The largest absolute Gasteiger partial charge is 0.373 e. The standard InChI is InChI=1S/C28H20ClF2N9/c29-22-8-17(7-21-25(16(11-33)12-34-26(21)22)37-18-9-23(30)28(31)35-13-18)36-27(20-4-2-1-3-15(20)10-32)24-14-40(39-38-24)19-5-6-19/h1-4,7-9,12-14,19,27,36,38-39H,5-6H2,(H,34,37)/t27-/m0/s1. The number of hydrogen-bond acceptors (Lipinski definition) is 9. The van der Waals surface area contributed by atoms with Crippen LogP contribution in [0, 0.1) is 34.4 Å². The van der Waals surface area contributed by atoms with Crippen LogP contribution in [0.2, 0.25) is 5.02 Å². The topological polar surface area (TPSA) is 125 Å². The van der Waals surface area contributed by atoms with E-state index in [1.54, 1.807) is 24.3 Å².